The van der Waals surface area contributed by atoms with E-state index >= 15 is 0 Å². The molecule has 4 saturated carbocycles. The van der Waals surface area contributed by atoms with Crippen molar-refractivity contribution in [3.05, 3.63) is 0 Å². The molecule has 9 atom stereocenters. The third kappa shape index (κ3) is 2.97. The summed E-state index contributed by atoms with van der Waals surface area (Å²) in [5, 5.41) is 0. The van der Waals surface area contributed by atoms with Crippen molar-refractivity contribution in [2.24, 2.45) is 52.1 Å². The summed E-state index contributed by atoms with van der Waals surface area (Å²) in [6, 6.07) is 0. The zero-order valence-electron chi connectivity index (χ0n) is 18.2. The van der Waals surface area contributed by atoms with Crippen LogP contribution in [-0.4, -0.2) is 24.4 Å². The molecular formula is C24H39NO3. The summed E-state index contributed by atoms with van der Waals surface area (Å²) in [6.07, 6.45) is 8.64. The van der Waals surface area contributed by atoms with Gasteiger partial charge in [-0.2, -0.15) is 0 Å². The van der Waals surface area contributed by atoms with E-state index < -0.39 is 0 Å². The number of hydrogen-bond acceptors (Lipinski definition) is 4. The first-order chi connectivity index (χ1) is 13.2. The van der Waals surface area contributed by atoms with Gasteiger partial charge in [-0.15, -0.1) is 0 Å². The molecule has 4 nitrogen and oxygen atoms in total. The topological polar surface area (TPSA) is 69.4 Å². The van der Waals surface area contributed by atoms with Gasteiger partial charge < -0.3 is 10.5 Å². The quantitative estimate of drug-likeness (QED) is 0.729. The number of Topliss-reactive ketones (excluding diaryl/α,β-unsaturated/α-hetero) is 1. The fraction of sp³-hybridized carbons (Fsp3) is 0.917. The molecule has 0 amide bonds. The Labute approximate surface area is 170 Å². The Morgan fingerprint density at radius 3 is 2.61 bits per heavy atom. The summed E-state index contributed by atoms with van der Waals surface area (Å²) in [7, 11) is 0. The molecule has 0 bridgehead atoms. The van der Waals surface area contributed by atoms with Crippen molar-refractivity contribution in [2.45, 2.75) is 85.2 Å². The second kappa shape index (κ2) is 7.11. The van der Waals surface area contributed by atoms with Crippen LogP contribution in [-0.2, 0) is 14.3 Å². The highest BCUT2D eigenvalue weighted by Gasteiger charge is 2.61. The predicted octanol–water partition coefficient (Wildman–Crippen LogP) is 4.35. The van der Waals surface area contributed by atoms with E-state index in [1.807, 2.05) is 6.92 Å². The summed E-state index contributed by atoms with van der Waals surface area (Å²) >= 11 is 0. The number of ketones is 1. The minimum absolute atomic E-state index is 0.0465. The number of esters is 1. The van der Waals surface area contributed by atoms with Gasteiger partial charge >= 0.3 is 5.97 Å². The summed E-state index contributed by atoms with van der Waals surface area (Å²) < 4.78 is 5.86. The fourth-order valence-corrected chi connectivity index (χ4v) is 7.95. The van der Waals surface area contributed by atoms with Crippen LogP contribution in [0.15, 0.2) is 0 Å². The predicted molar refractivity (Wildman–Crippen MR) is 109 cm³/mol. The largest absolute Gasteiger partial charge is 0.462 e. The molecule has 0 aromatic heterocycles. The SMILES string of the molecule is CC(CN)C(=O)OC1CC[C@@]2(C)C(C1)C(C)C[C@@H]1[C@H]2CC[C@]2(C)C(=O)CC[C@@H]12. The molecular weight excluding hydrogens is 350 g/mol. The smallest absolute Gasteiger partial charge is 0.310 e. The molecule has 0 heterocycles. The average Bonchev–Trinajstić information content (AvgIpc) is 2.97. The maximum absolute atomic E-state index is 12.6. The zero-order valence-corrected chi connectivity index (χ0v) is 18.2. The van der Waals surface area contributed by atoms with Crippen molar-refractivity contribution in [2.75, 3.05) is 6.54 Å². The normalized spacial score (nSPS) is 49.0. The van der Waals surface area contributed by atoms with Gasteiger partial charge in [0, 0.05) is 18.4 Å². The van der Waals surface area contributed by atoms with Crippen LogP contribution in [0.1, 0.15) is 79.1 Å². The Hall–Kier alpha value is -0.900. The molecule has 0 aliphatic heterocycles. The second-order valence-electron chi connectivity index (χ2n) is 11.1. The van der Waals surface area contributed by atoms with E-state index in [0.29, 0.717) is 41.4 Å². The van der Waals surface area contributed by atoms with E-state index in [4.69, 9.17) is 10.5 Å². The van der Waals surface area contributed by atoms with Crippen molar-refractivity contribution in [1.29, 1.82) is 0 Å². The lowest BCUT2D eigenvalue weighted by molar-refractivity contribution is -0.171. The van der Waals surface area contributed by atoms with Gasteiger partial charge in [-0.3, -0.25) is 9.59 Å². The Morgan fingerprint density at radius 1 is 1.14 bits per heavy atom. The van der Waals surface area contributed by atoms with Crippen molar-refractivity contribution in [1.82, 2.24) is 0 Å². The van der Waals surface area contributed by atoms with Gasteiger partial charge in [-0.25, -0.2) is 0 Å². The molecule has 4 aliphatic rings. The van der Waals surface area contributed by atoms with Gasteiger partial charge in [0.15, 0.2) is 0 Å². The van der Waals surface area contributed by atoms with Crippen LogP contribution < -0.4 is 5.73 Å². The highest BCUT2D eigenvalue weighted by Crippen LogP contribution is 2.66. The van der Waals surface area contributed by atoms with Gasteiger partial charge in [0.1, 0.15) is 11.9 Å². The Kier molecular flexibility index (Phi) is 5.17. The molecule has 4 fully saturated rings. The summed E-state index contributed by atoms with van der Waals surface area (Å²) in [5.41, 5.74) is 5.92. The van der Waals surface area contributed by atoms with E-state index in [1.54, 1.807) is 0 Å². The van der Waals surface area contributed by atoms with Crippen LogP contribution >= 0.6 is 0 Å². The Balaban J connectivity index is 1.51. The number of hydrogen-bond donors (Lipinski definition) is 1. The molecule has 0 spiro atoms. The number of rotatable bonds is 3. The van der Waals surface area contributed by atoms with Crippen molar-refractivity contribution < 1.29 is 14.3 Å². The third-order valence-electron chi connectivity index (χ3n) is 9.73. The molecule has 4 rings (SSSR count). The monoisotopic (exact) mass is 389 g/mol. The number of ether oxygens (including phenoxy) is 1. The van der Waals surface area contributed by atoms with Crippen molar-refractivity contribution in [3.63, 3.8) is 0 Å². The van der Waals surface area contributed by atoms with Crippen LogP contribution in [0.25, 0.3) is 0 Å². The lowest BCUT2D eigenvalue weighted by atomic mass is 9.43. The number of carbonyl (C=O) groups is 2. The van der Waals surface area contributed by atoms with Crippen LogP contribution in [0.4, 0.5) is 0 Å². The maximum atomic E-state index is 12.6. The van der Waals surface area contributed by atoms with Gasteiger partial charge in [-0.05, 0) is 80.0 Å². The van der Waals surface area contributed by atoms with E-state index in [-0.39, 0.29) is 23.4 Å². The van der Waals surface area contributed by atoms with Crippen LogP contribution in [0, 0.1) is 46.3 Å². The van der Waals surface area contributed by atoms with Gasteiger partial charge in [0.05, 0.1) is 5.92 Å². The Bertz CT molecular complexity index is 648. The molecule has 4 aliphatic carbocycles. The van der Waals surface area contributed by atoms with Gasteiger partial charge in [0.25, 0.3) is 0 Å². The van der Waals surface area contributed by atoms with Crippen LogP contribution in [0.2, 0.25) is 0 Å². The molecule has 0 aromatic rings. The first-order valence-electron chi connectivity index (χ1n) is 11.6. The van der Waals surface area contributed by atoms with Crippen LogP contribution in [0.5, 0.6) is 0 Å². The lowest BCUT2D eigenvalue weighted by Crippen LogP contribution is -2.56. The molecule has 28 heavy (non-hydrogen) atoms. The number of carbonyl (C=O) groups excluding carboxylic acids is 2. The van der Waals surface area contributed by atoms with Gasteiger partial charge in [0.2, 0.25) is 0 Å². The van der Waals surface area contributed by atoms with E-state index in [9.17, 15) is 9.59 Å². The molecule has 0 radical (unpaired) electrons. The second-order valence-corrected chi connectivity index (χ2v) is 11.1. The fourth-order valence-electron chi connectivity index (χ4n) is 7.95. The summed E-state index contributed by atoms with van der Waals surface area (Å²) in [6.45, 7) is 9.40. The zero-order chi connectivity index (χ0) is 20.3. The minimum atomic E-state index is -0.211. The van der Waals surface area contributed by atoms with Gasteiger partial charge in [-0.1, -0.05) is 27.7 Å². The number of fused-ring (bicyclic) bond motifs is 5. The molecule has 4 heteroatoms. The van der Waals surface area contributed by atoms with Crippen molar-refractivity contribution >= 4 is 11.8 Å². The first kappa shape index (κ1) is 20.4. The van der Waals surface area contributed by atoms with Crippen molar-refractivity contribution in [3.8, 4) is 0 Å². The first-order valence-corrected chi connectivity index (χ1v) is 11.6. The highest BCUT2D eigenvalue weighted by atomic mass is 16.5. The standard InChI is InChI=1S/C24H39NO3/c1-14-11-17-18-5-6-21(26)24(18,4)10-8-19(17)23(3)9-7-16(12-20(14)23)28-22(27)15(2)13-25/h14-20H,5-13,25H2,1-4H3/t14?,15?,16?,17-,18-,19+,20?,23+,24-/m0/s1. The Morgan fingerprint density at radius 2 is 1.89 bits per heavy atom. The van der Waals surface area contributed by atoms with E-state index in [1.165, 1.54) is 12.8 Å². The molecule has 0 aromatic carbocycles. The summed E-state index contributed by atoms with van der Waals surface area (Å²) in [5.74, 6) is 3.48. The van der Waals surface area contributed by atoms with Crippen LogP contribution in [0.3, 0.4) is 0 Å². The van der Waals surface area contributed by atoms with E-state index in [0.717, 1.165) is 44.4 Å². The third-order valence-corrected chi connectivity index (χ3v) is 9.73. The highest BCUT2D eigenvalue weighted by molar-refractivity contribution is 5.87. The average molecular weight is 390 g/mol. The molecule has 158 valence electrons. The minimum Gasteiger partial charge on any atom is -0.462 e. The lowest BCUT2D eigenvalue weighted by Gasteiger charge is -2.62. The van der Waals surface area contributed by atoms with E-state index in [2.05, 4.69) is 20.8 Å². The maximum Gasteiger partial charge on any atom is 0.310 e. The number of nitrogens with two attached hydrogens (primary N) is 1. The molecule has 4 unspecified atom stereocenters. The summed E-state index contributed by atoms with van der Waals surface area (Å²) in [4.78, 5) is 24.9. The molecule has 0 saturated heterocycles. The molecule has 2 N–H and O–H groups in total.